The fraction of sp³-hybridized carbons (Fsp3) is 0.0588. The van der Waals surface area contributed by atoms with Crippen molar-refractivity contribution in [2.24, 2.45) is 0 Å². The molecule has 0 fully saturated rings. The van der Waals surface area contributed by atoms with Gasteiger partial charge in [-0.15, -0.1) is 0 Å². The average molecular weight is 515 g/mol. The Morgan fingerprint density at radius 3 is 1.58 bits per heavy atom. The van der Waals surface area contributed by atoms with Crippen LogP contribution in [-0.2, 0) is 4.57 Å². The minimum Gasteiger partial charge on any atom is -0.497 e. The zero-order valence-electron chi connectivity index (χ0n) is 21.3. The molecule has 0 aliphatic heterocycles. The maximum Gasteiger partial charge on any atom is 0.171 e. The van der Waals surface area contributed by atoms with E-state index in [2.05, 4.69) is 66.7 Å². The number of hydrogen-bond acceptors (Lipinski definition) is 3. The zero-order chi connectivity index (χ0) is 26.1. The van der Waals surface area contributed by atoms with E-state index < -0.39 is 7.14 Å². The van der Waals surface area contributed by atoms with Crippen molar-refractivity contribution in [3.63, 3.8) is 0 Å². The Morgan fingerprint density at radius 1 is 0.500 bits per heavy atom. The Morgan fingerprint density at radius 2 is 1.00 bits per heavy atom. The summed E-state index contributed by atoms with van der Waals surface area (Å²) in [6, 6.07) is 42.4. The first-order chi connectivity index (χ1) is 18.6. The molecule has 186 valence electrons. The van der Waals surface area contributed by atoms with Gasteiger partial charge in [0, 0.05) is 21.5 Å². The van der Waals surface area contributed by atoms with Gasteiger partial charge in [0.15, 0.2) is 7.14 Å². The standard InChI is InChI=1S/C34H27O3P/c1-36-26-15-19-28(20-16-26)38(35,29-21-17-27(37-2)18-22-29)33-23-14-25-9-4-6-12-31(25)34(33)32-13-7-10-24-8-3-5-11-30(24)32/h3-23H,1-2H3. The summed E-state index contributed by atoms with van der Waals surface area (Å²) in [5.41, 5.74) is 2.06. The Kier molecular flexibility index (Phi) is 6.23. The molecular weight excluding hydrogens is 487 g/mol. The molecule has 0 radical (unpaired) electrons. The summed E-state index contributed by atoms with van der Waals surface area (Å²) in [4.78, 5) is 0. The van der Waals surface area contributed by atoms with Crippen molar-refractivity contribution in [3.8, 4) is 22.6 Å². The lowest BCUT2D eigenvalue weighted by atomic mass is 9.94. The van der Waals surface area contributed by atoms with Gasteiger partial charge in [-0.1, -0.05) is 72.8 Å². The van der Waals surface area contributed by atoms with E-state index in [4.69, 9.17) is 9.47 Å². The molecule has 0 unspecified atom stereocenters. The van der Waals surface area contributed by atoms with Crippen molar-refractivity contribution in [2.75, 3.05) is 14.2 Å². The molecule has 0 heterocycles. The third-order valence-corrected chi connectivity index (χ3v) is 10.3. The summed E-state index contributed by atoms with van der Waals surface area (Å²) in [6.07, 6.45) is 0. The van der Waals surface area contributed by atoms with E-state index in [1.54, 1.807) is 14.2 Å². The second-order valence-electron chi connectivity index (χ2n) is 9.21. The van der Waals surface area contributed by atoms with E-state index in [0.29, 0.717) is 0 Å². The maximum absolute atomic E-state index is 15.7. The average Bonchev–Trinajstić information content (AvgIpc) is 3.00. The minimum atomic E-state index is -3.33. The molecule has 0 atom stereocenters. The zero-order valence-corrected chi connectivity index (χ0v) is 22.2. The van der Waals surface area contributed by atoms with Gasteiger partial charge in [-0.05, 0) is 81.7 Å². The highest BCUT2D eigenvalue weighted by Gasteiger charge is 2.33. The number of benzene rings is 6. The van der Waals surface area contributed by atoms with Gasteiger partial charge in [0.25, 0.3) is 0 Å². The Balaban J connectivity index is 1.74. The molecule has 38 heavy (non-hydrogen) atoms. The number of fused-ring (bicyclic) bond motifs is 2. The van der Waals surface area contributed by atoms with Crippen molar-refractivity contribution >= 4 is 44.6 Å². The van der Waals surface area contributed by atoms with E-state index in [1.165, 1.54) is 0 Å². The maximum atomic E-state index is 15.7. The number of hydrogen-bond donors (Lipinski definition) is 0. The molecule has 6 aromatic rings. The summed E-state index contributed by atoms with van der Waals surface area (Å²) in [6.45, 7) is 0. The molecule has 0 N–H and O–H groups in total. The molecule has 0 saturated heterocycles. The lowest BCUT2D eigenvalue weighted by Crippen LogP contribution is -2.26. The highest BCUT2D eigenvalue weighted by molar-refractivity contribution is 7.85. The molecule has 3 nitrogen and oxygen atoms in total. The molecule has 0 aliphatic carbocycles. The van der Waals surface area contributed by atoms with Crippen molar-refractivity contribution in [3.05, 3.63) is 127 Å². The normalized spacial score (nSPS) is 11.5. The predicted octanol–water partition coefficient (Wildman–Crippen LogP) is 7.32. The van der Waals surface area contributed by atoms with Gasteiger partial charge in [-0.3, -0.25) is 0 Å². The lowest BCUT2D eigenvalue weighted by Gasteiger charge is -2.25. The van der Waals surface area contributed by atoms with Crippen molar-refractivity contribution < 1.29 is 14.0 Å². The van der Waals surface area contributed by atoms with E-state index >= 15 is 4.57 Å². The first-order valence-corrected chi connectivity index (χ1v) is 14.2. The second kappa shape index (κ2) is 9.85. The fourth-order valence-corrected chi connectivity index (χ4v) is 8.09. The highest BCUT2D eigenvalue weighted by atomic mass is 31.2. The van der Waals surface area contributed by atoms with E-state index in [9.17, 15) is 0 Å². The Bertz CT molecular complexity index is 1750. The lowest BCUT2D eigenvalue weighted by molar-refractivity contribution is 0.415. The molecule has 0 saturated carbocycles. The van der Waals surface area contributed by atoms with Crippen LogP contribution < -0.4 is 25.4 Å². The molecule has 6 aromatic carbocycles. The van der Waals surface area contributed by atoms with E-state index in [-0.39, 0.29) is 0 Å². The first-order valence-electron chi connectivity index (χ1n) is 12.5. The van der Waals surface area contributed by atoms with Gasteiger partial charge in [0.2, 0.25) is 0 Å². The summed E-state index contributed by atoms with van der Waals surface area (Å²) in [5, 5.41) is 6.76. The van der Waals surface area contributed by atoms with Crippen LogP contribution in [0.15, 0.2) is 127 Å². The number of rotatable bonds is 6. The molecule has 0 bridgehead atoms. The van der Waals surface area contributed by atoms with Gasteiger partial charge in [-0.25, -0.2) is 0 Å². The van der Waals surface area contributed by atoms with Crippen LogP contribution in [0.1, 0.15) is 0 Å². The first kappa shape index (κ1) is 24.0. The third-order valence-electron chi connectivity index (χ3n) is 7.18. The van der Waals surface area contributed by atoms with Crippen LogP contribution in [0.25, 0.3) is 32.7 Å². The van der Waals surface area contributed by atoms with Crippen LogP contribution >= 0.6 is 7.14 Å². The topological polar surface area (TPSA) is 35.5 Å². The smallest absolute Gasteiger partial charge is 0.171 e. The quantitative estimate of drug-likeness (QED) is 0.219. The number of ether oxygens (including phenoxy) is 2. The van der Waals surface area contributed by atoms with Crippen LogP contribution in [0, 0.1) is 0 Å². The van der Waals surface area contributed by atoms with Crippen LogP contribution in [0.2, 0.25) is 0 Å². The summed E-state index contributed by atoms with van der Waals surface area (Å²) in [7, 11) is -0.0558. The molecule has 0 aliphatic rings. The van der Waals surface area contributed by atoms with Crippen LogP contribution in [0.5, 0.6) is 11.5 Å². The van der Waals surface area contributed by atoms with Crippen molar-refractivity contribution in [1.82, 2.24) is 0 Å². The fourth-order valence-electron chi connectivity index (χ4n) is 5.26. The summed E-state index contributed by atoms with van der Waals surface area (Å²) < 4.78 is 26.5. The minimum absolute atomic E-state index is 0.725. The molecule has 6 rings (SSSR count). The molecular formula is C34H27O3P. The van der Waals surface area contributed by atoms with Gasteiger partial charge in [-0.2, -0.15) is 0 Å². The largest absolute Gasteiger partial charge is 0.497 e. The molecule has 0 spiro atoms. The van der Waals surface area contributed by atoms with Crippen LogP contribution in [-0.4, -0.2) is 14.2 Å². The SMILES string of the molecule is COc1ccc(P(=O)(c2ccc(OC)cc2)c2ccc3ccccc3c2-c2cccc3ccccc23)cc1. The predicted molar refractivity (Wildman–Crippen MR) is 159 cm³/mol. The van der Waals surface area contributed by atoms with E-state index in [1.807, 2.05) is 60.7 Å². The van der Waals surface area contributed by atoms with Crippen molar-refractivity contribution in [1.29, 1.82) is 0 Å². The molecule has 4 heteroatoms. The molecule has 0 amide bonds. The Labute approximate surface area is 222 Å². The second-order valence-corrected chi connectivity index (χ2v) is 11.9. The van der Waals surface area contributed by atoms with Crippen molar-refractivity contribution in [2.45, 2.75) is 0 Å². The summed E-state index contributed by atoms with van der Waals surface area (Å²) in [5.74, 6) is 1.45. The molecule has 0 aromatic heterocycles. The van der Waals surface area contributed by atoms with Gasteiger partial charge >= 0.3 is 0 Å². The van der Waals surface area contributed by atoms with Crippen LogP contribution in [0.4, 0.5) is 0 Å². The monoisotopic (exact) mass is 514 g/mol. The highest BCUT2D eigenvalue weighted by Crippen LogP contribution is 2.48. The van der Waals surface area contributed by atoms with Gasteiger partial charge < -0.3 is 14.0 Å². The van der Waals surface area contributed by atoms with Crippen LogP contribution in [0.3, 0.4) is 0 Å². The van der Waals surface area contributed by atoms with Gasteiger partial charge in [0.05, 0.1) is 14.2 Å². The van der Waals surface area contributed by atoms with E-state index in [0.717, 1.165) is 60.1 Å². The third kappa shape index (κ3) is 3.97. The Hall–Kier alpha value is -4.33. The van der Waals surface area contributed by atoms with Gasteiger partial charge in [0.1, 0.15) is 11.5 Å². The number of methoxy groups -OCH3 is 2. The summed E-state index contributed by atoms with van der Waals surface area (Å²) >= 11 is 0.